The van der Waals surface area contributed by atoms with E-state index >= 15 is 0 Å². The van der Waals surface area contributed by atoms with Crippen molar-refractivity contribution in [1.29, 1.82) is 0 Å². The Hall–Kier alpha value is -1.93. The van der Waals surface area contributed by atoms with Gasteiger partial charge < -0.3 is 9.84 Å². The maximum absolute atomic E-state index is 11.9. The number of carboxylic acid groups (broad SMARTS) is 1. The van der Waals surface area contributed by atoms with E-state index in [2.05, 4.69) is 0 Å². The Bertz CT molecular complexity index is 581. The summed E-state index contributed by atoms with van der Waals surface area (Å²) >= 11 is 0. The molecule has 0 saturated heterocycles. The number of aliphatic carboxylic acids is 1. The van der Waals surface area contributed by atoms with E-state index in [9.17, 15) is 18.0 Å². The molecule has 0 aliphatic heterocycles. The second-order valence-electron chi connectivity index (χ2n) is 3.43. The smallest absolute Gasteiger partial charge is 0.339 e. The second-order valence-corrected chi connectivity index (χ2v) is 5.17. The van der Waals surface area contributed by atoms with E-state index in [1.165, 1.54) is 24.3 Å². The highest BCUT2D eigenvalue weighted by Crippen LogP contribution is 2.16. The molecule has 0 aromatic heterocycles. The lowest BCUT2D eigenvalue weighted by atomic mass is 10.2. The molecule has 0 aliphatic rings. The molecule has 2 N–H and O–H groups in total. The van der Waals surface area contributed by atoms with Gasteiger partial charge in [0.2, 0.25) is 10.0 Å². The topological polar surface area (TPSA) is 110 Å². The fraction of sp³-hybridized carbons (Fsp3) is 0.273. The fourth-order valence-corrected chi connectivity index (χ4v) is 2.48. The first-order chi connectivity index (χ1) is 8.88. The van der Waals surface area contributed by atoms with Crippen molar-refractivity contribution in [2.75, 3.05) is 13.2 Å². The van der Waals surface area contributed by atoms with E-state index in [0.717, 1.165) is 0 Å². The minimum Gasteiger partial charge on any atom is -0.480 e. The van der Waals surface area contributed by atoms with Crippen LogP contribution in [0.3, 0.4) is 0 Å². The molecule has 19 heavy (non-hydrogen) atoms. The zero-order valence-electron chi connectivity index (χ0n) is 10.1. The van der Waals surface area contributed by atoms with E-state index in [1.807, 2.05) is 4.72 Å². The van der Waals surface area contributed by atoms with Crippen LogP contribution < -0.4 is 4.72 Å². The van der Waals surface area contributed by atoms with Crippen molar-refractivity contribution in [2.45, 2.75) is 11.8 Å². The molecule has 8 heteroatoms. The number of carbonyl (C=O) groups excluding carboxylic acids is 1. The van der Waals surface area contributed by atoms with Gasteiger partial charge in [-0.1, -0.05) is 12.1 Å². The Kier molecular flexibility index (Phi) is 5.02. The van der Waals surface area contributed by atoms with E-state index in [0.29, 0.717) is 0 Å². The molecule has 0 saturated carbocycles. The number of hydrogen-bond acceptors (Lipinski definition) is 5. The molecule has 0 spiro atoms. The third kappa shape index (κ3) is 4.04. The number of hydrogen-bond donors (Lipinski definition) is 2. The van der Waals surface area contributed by atoms with Crippen LogP contribution >= 0.6 is 0 Å². The van der Waals surface area contributed by atoms with Crippen molar-refractivity contribution < 1.29 is 27.9 Å². The standard InChI is InChI=1S/C11H13NO6S/c1-2-18-11(15)8-5-3-4-6-9(8)19(16,17)12-7-10(13)14/h3-6,12H,2,7H2,1H3,(H,13,14). The minimum absolute atomic E-state index is 0.107. The van der Waals surface area contributed by atoms with E-state index in [1.54, 1.807) is 6.92 Å². The van der Waals surface area contributed by atoms with Crippen LogP contribution in [0.5, 0.6) is 0 Å². The molecule has 1 rings (SSSR count). The number of ether oxygens (including phenoxy) is 1. The maximum Gasteiger partial charge on any atom is 0.339 e. The van der Waals surface area contributed by atoms with Gasteiger partial charge in [0.05, 0.1) is 17.1 Å². The van der Waals surface area contributed by atoms with E-state index in [4.69, 9.17) is 9.84 Å². The van der Waals surface area contributed by atoms with Crippen LogP contribution in [-0.4, -0.2) is 38.6 Å². The monoisotopic (exact) mass is 287 g/mol. The average molecular weight is 287 g/mol. The summed E-state index contributed by atoms with van der Waals surface area (Å²) in [6, 6.07) is 5.42. The molecule has 0 unspecified atom stereocenters. The molecule has 1 aromatic rings. The Balaban J connectivity index is 3.12. The first-order valence-electron chi connectivity index (χ1n) is 5.36. The van der Waals surface area contributed by atoms with Gasteiger partial charge in [-0.2, -0.15) is 4.72 Å². The first-order valence-corrected chi connectivity index (χ1v) is 6.84. The van der Waals surface area contributed by atoms with Crippen LogP contribution in [0.2, 0.25) is 0 Å². The van der Waals surface area contributed by atoms with Crippen LogP contribution in [-0.2, 0) is 19.6 Å². The lowest BCUT2D eigenvalue weighted by Gasteiger charge is -2.09. The Morgan fingerprint density at radius 3 is 2.53 bits per heavy atom. The summed E-state index contributed by atoms with van der Waals surface area (Å²) in [7, 11) is -4.08. The third-order valence-electron chi connectivity index (χ3n) is 2.09. The van der Waals surface area contributed by atoms with Crippen LogP contribution in [0.4, 0.5) is 0 Å². The number of rotatable bonds is 6. The summed E-state index contributed by atoms with van der Waals surface area (Å²) in [5.41, 5.74) is -0.137. The van der Waals surface area contributed by atoms with Crippen molar-refractivity contribution in [3.8, 4) is 0 Å². The summed E-state index contributed by atoms with van der Waals surface area (Å²) in [5, 5.41) is 8.47. The molecule has 1 aromatic carbocycles. The van der Waals surface area contributed by atoms with Gasteiger partial charge >= 0.3 is 11.9 Å². The zero-order chi connectivity index (χ0) is 14.5. The highest BCUT2D eigenvalue weighted by Gasteiger charge is 2.23. The normalized spacial score (nSPS) is 11.0. The van der Waals surface area contributed by atoms with Gasteiger partial charge in [0, 0.05) is 0 Å². The van der Waals surface area contributed by atoms with Gasteiger partial charge in [-0.05, 0) is 19.1 Å². The van der Waals surface area contributed by atoms with Crippen molar-refractivity contribution in [3.63, 3.8) is 0 Å². The van der Waals surface area contributed by atoms with Gasteiger partial charge in [0.1, 0.15) is 6.54 Å². The summed E-state index contributed by atoms with van der Waals surface area (Å²) in [6.07, 6.45) is 0. The maximum atomic E-state index is 11.9. The molecule has 0 heterocycles. The van der Waals surface area contributed by atoms with Crippen molar-refractivity contribution in [1.82, 2.24) is 4.72 Å². The van der Waals surface area contributed by atoms with Crippen molar-refractivity contribution in [3.05, 3.63) is 29.8 Å². The van der Waals surface area contributed by atoms with Crippen LogP contribution in [0.1, 0.15) is 17.3 Å². The number of nitrogens with one attached hydrogen (secondary N) is 1. The lowest BCUT2D eigenvalue weighted by Crippen LogP contribution is -2.30. The number of sulfonamides is 1. The van der Waals surface area contributed by atoms with Crippen molar-refractivity contribution in [2.24, 2.45) is 0 Å². The SMILES string of the molecule is CCOC(=O)c1ccccc1S(=O)(=O)NCC(=O)O. The van der Waals surface area contributed by atoms with Crippen LogP contribution in [0.25, 0.3) is 0 Å². The molecule has 0 radical (unpaired) electrons. The summed E-state index contributed by atoms with van der Waals surface area (Å²) < 4.78 is 30.4. The average Bonchev–Trinajstić information content (AvgIpc) is 2.37. The molecule has 0 amide bonds. The Morgan fingerprint density at radius 2 is 1.95 bits per heavy atom. The van der Waals surface area contributed by atoms with Gasteiger partial charge in [-0.3, -0.25) is 4.79 Å². The number of benzene rings is 1. The molecular weight excluding hydrogens is 274 g/mol. The van der Waals surface area contributed by atoms with Gasteiger partial charge in [0.15, 0.2) is 0 Å². The minimum atomic E-state index is -4.08. The van der Waals surface area contributed by atoms with Gasteiger partial charge in [-0.25, -0.2) is 13.2 Å². The van der Waals surface area contributed by atoms with Crippen molar-refractivity contribution >= 4 is 22.0 Å². The third-order valence-corrected chi connectivity index (χ3v) is 3.54. The fourth-order valence-electron chi connectivity index (χ4n) is 1.31. The first kappa shape index (κ1) is 15.1. The van der Waals surface area contributed by atoms with Crippen LogP contribution in [0.15, 0.2) is 29.2 Å². The van der Waals surface area contributed by atoms with Gasteiger partial charge in [0.25, 0.3) is 0 Å². The molecule has 104 valence electrons. The van der Waals surface area contributed by atoms with E-state index in [-0.39, 0.29) is 17.1 Å². The lowest BCUT2D eigenvalue weighted by molar-refractivity contribution is -0.135. The Morgan fingerprint density at radius 1 is 1.32 bits per heavy atom. The molecule has 7 nitrogen and oxygen atoms in total. The van der Waals surface area contributed by atoms with Gasteiger partial charge in [-0.15, -0.1) is 0 Å². The predicted octanol–water partition coefficient (Wildman–Crippen LogP) is 0.226. The zero-order valence-corrected chi connectivity index (χ0v) is 10.9. The summed E-state index contributed by atoms with van der Waals surface area (Å²) in [5.74, 6) is -2.10. The molecule has 0 atom stereocenters. The van der Waals surface area contributed by atoms with Crippen LogP contribution in [0, 0.1) is 0 Å². The highest BCUT2D eigenvalue weighted by molar-refractivity contribution is 7.89. The largest absolute Gasteiger partial charge is 0.480 e. The summed E-state index contributed by atoms with van der Waals surface area (Å²) in [4.78, 5) is 21.7. The number of carbonyl (C=O) groups is 2. The highest BCUT2D eigenvalue weighted by atomic mass is 32.2. The predicted molar refractivity (Wildman–Crippen MR) is 65.2 cm³/mol. The molecular formula is C11H13NO6S. The quantitative estimate of drug-likeness (QED) is 0.725. The molecule has 0 aliphatic carbocycles. The molecule has 0 fully saturated rings. The van der Waals surface area contributed by atoms with E-state index < -0.39 is 28.5 Å². The Labute approximate surface area is 110 Å². The second kappa shape index (κ2) is 6.30. The summed E-state index contributed by atoms with van der Waals surface area (Å²) in [6.45, 7) is 0.937. The molecule has 0 bridgehead atoms. The number of esters is 1. The number of carboxylic acids is 1.